The number of aliphatic hydroxyl groups is 3. The van der Waals surface area contributed by atoms with E-state index in [0.29, 0.717) is 0 Å². The maximum absolute atomic E-state index is 11.3. The molecule has 10 rings (SSSR count). The van der Waals surface area contributed by atoms with E-state index in [0.717, 1.165) is 0 Å². The molecular formula is C56H77ClO12Si2. The lowest BCUT2D eigenvalue weighted by atomic mass is 9.85. The van der Waals surface area contributed by atoms with Crippen molar-refractivity contribution in [2.75, 3.05) is 0 Å². The third-order valence-corrected chi connectivity index (χ3v) is 26.8. The predicted molar refractivity (Wildman–Crippen MR) is 279 cm³/mol. The molecule has 4 saturated heterocycles. The van der Waals surface area contributed by atoms with Crippen molar-refractivity contribution in [2.45, 2.75) is 203 Å². The molecule has 6 aliphatic rings. The van der Waals surface area contributed by atoms with E-state index in [9.17, 15) is 15.3 Å². The molecule has 4 unspecified atom stereocenters. The molecule has 2 saturated carbocycles. The van der Waals surface area contributed by atoms with Crippen molar-refractivity contribution in [1.82, 2.24) is 0 Å². The number of benzene rings is 4. The van der Waals surface area contributed by atoms with Gasteiger partial charge in [0.2, 0.25) is 7.38 Å². The van der Waals surface area contributed by atoms with Crippen LogP contribution in [0.3, 0.4) is 0 Å². The molecule has 71 heavy (non-hydrogen) atoms. The summed E-state index contributed by atoms with van der Waals surface area (Å²) in [6, 6.07) is 42.1. The second-order valence-corrected chi connectivity index (χ2v) is 33.5. The Hall–Kier alpha value is -2.88. The minimum absolute atomic E-state index is 0.0667. The molecule has 4 aliphatic heterocycles. The van der Waals surface area contributed by atoms with E-state index in [1.54, 1.807) is 27.7 Å². The molecule has 6 fully saturated rings. The first-order valence-corrected chi connectivity index (χ1v) is 30.0. The van der Waals surface area contributed by atoms with Crippen LogP contribution in [0.1, 0.15) is 96.9 Å². The van der Waals surface area contributed by atoms with Crippen molar-refractivity contribution < 1.29 is 57.6 Å². The van der Waals surface area contributed by atoms with Crippen LogP contribution in [0.5, 0.6) is 0 Å². The van der Waals surface area contributed by atoms with Gasteiger partial charge < -0.3 is 57.6 Å². The van der Waals surface area contributed by atoms with E-state index in [2.05, 4.69) is 139 Å². The summed E-state index contributed by atoms with van der Waals surface area (Å²) >= 11 is 7.21. The lowest BCUT2D eigenvalue weighted by molar-refractivity contribution is -0.183. The molecular weight excluding hydrogens is 956 g/mol. The number of aliphatic hydroxyl groups excluding tert-OH is 3. The second-order valence-electron chi connectivity index (χ2n) is 23.6. The predicted octanol–water partition coefficient (Wildman–Crippen LogP) is 6.89. The fourth-order valence-electron chi connectivity index (χ4n) is 11.5. The smallest absolute Gasteiger partial charge is 0.261 e. The summed E-state index contributed by atoms with van der Waals surface area (Å²) in [6.45, 7) is 28.0. The highest BCUT2D eigenvalue weighted by atomic mass is 35.6. The Bertz CT molecular complexity index is 2220. The largest absolute Gasteiger partial charge is 0.399 e. The summed E-state index contributed by atoms with van der Waals surface area (Å²) in [4.78, 5) is 0. The summed E-state index contributed by atoms with van der Waals surface area (Å²) in [7, 11) is -5.15. The topological polar surface area (TPSA) is 144 Å². The van der Waals surface area contributed by atoms with Gasteiger partial charge in [0.05, 0.1) is 0 Å². The maximum atomic E-state index is 11.3. The van der Waals surface area contributed by atoms with E-state index in [4.69, 9.17) is 53.4 Å². The highest BCUT2D eigenvalue weighted by Crippen LogP contribution is 2.49. The first-order valence-electron chi connectivity index (χ1n) is 25.1. The number of hydrogen-bond acceptors (Lipinski definition) is 12. The van der Waals surface area contributed by atoms with Crippen LogP contribution in [0, 0.1) is 0 Å². The minimum atomic E-state index is -2.92. The first-order chi connectivity index (χ1) is 33.0. The molecule has 12 atom stereocenters. The van der Waals surface area contributed by atoms with E-state index in [1.807, 2.05) is 52.0 Å². The maximum Gasteiger partial charge on any atom is 0.261 e. The number of ether oxygens (including phenoxy) is 8. The lowest BCUT2D eigenvalue weighted by Crippen LogP contribution is -2.72. The molecule has 4 heterocycles. The van der Waals surface area contributed by atoms with Crippen molar-refractivity contribution in [3.05, 3.63) is 121 Å². The molecule has 4 aromatic carbocycles. The van der Waals surface area contributed by atoms with Gasteiger partial charge in [-0.2, -0.15) is 11.1 Å². The zero-order valence-corrected chi connectivity index (χ0v) is 46.6. The van der Waals surface area contributed by atoms with Crippen LogP contribution in [0.25, 0.3) is 0 Å². The van der Waals surface area contributed by atoms with Crippen LogP contribution in [0.15, 0.2) is 121 Å². The third kappa shape index (κ3) is 10.6. The molecule has 0 bridgehead atoms. The summed E-state index contributed by atoms with van der Waals surface area (Å²) in [5, 5.41) is 36.7. The average molecular weight is 1030 g/mol. The molecule has 15 heteroatoms. The molecule has 12 nitrogen and oxygen atoms in total. The molecule has 4 aromatic rings. The quantitative estimate of drug-likeness (QED) is 0.137. The Morgan fingerprint density at radius 2 is 0.606 bits per heavy atom. The standard InChI is InChI=1S/C28H38O6Si.C16H19ClSi.C12H20O6/c1-26(2,3)35(18-14-10-8-11-15-18,19-16-12-9-13-17-19)34-25-23-21(30-27(4,5)32-23)20(29)22-24(25)33-28(6,7)31-22;1-16(2,3)18(17,14-10-6-4-7-11-14)15-12-8-5-9-13-15;1-11(2)15-7-5(13)9-10(6(14)8(7)16-11)18-12(3,4)17-9/h8-17,20-25,29H,1-7H3;4-13H,1-3H3;5-10,13-14H,1-4H3/t20?,21-,22+,23-,24-,25?;;5?,6?,7-,8-,9-,10+/m1.0/s1. The average Bonchev–Trinajstić information content (AvgIpc) is 4.04. The van der Waals surface area contributed by atoms with Crippen molar-refractivity contribution in [2.24, 2.45) is 0 Å². The molecule has 0 aromatic heterocycles. The van der Waals surface area contributed by atoms with Crippen LogP contribution in [-0.2, 0) is 42.3 Å². The van der Waals surface area contributed by atoms with Gasteiger partial charge in [-0.3, -0.25) is 0 Å². The van der Waals surface area contributed by atoms with Gasteiger partial charge in [-0.25, -0.2) is 0 Å². The second kappa shape index (κ2) is 19.7. The third-order valence-electron chi connectivity index (χ3n) is 14.4. The van der Waals surface area contributed by atoms with Gasteiger partial charge in [0.1, 0.15) is 73.2 Å². The lowest BCUT2D eigenvalue weighted by Gasteiger charge is -2.49. The first kappa shape index (κ1) is 54.4. The van der Waals surface area contributed by atoms with Crippen LogP contribution in [0.2, 0.25) is 10.1 Å². The Balaban J connectivity index is 0.000000158. The highest BCUT2D eigenvalue weighted by molar-refractivity contribution is 7.35. The molecule has 0 spiro atoms. The summed E-state index contributed by atoms with van der Waals surface area (Å²) < 4.78 is 55.3. The number of hydrogen-bond donors (Lipinski definition) is 3. The Morgan fingerprint density at radius 1 is 0.380 bits per heavy atom. The fraction of sp³-hybridized carbons (Fsp3) is 0.571. The van der Waals surface area contributed by atoms with Crippen LogP contribution in [0.4, 0.5) is 0 Å². The SMILES string of the molecule is CC(C)(C)[Si](Cl)(c1ccccc1)c1ccccc1.CC1(C)O[C@@H]2C(O)[C@@H]3OC(C)(C)O[C@H]3C(O)[C@@H]2O1.CC1(C)O[C@@H]2C(O)[C@@H]3OC(C)(C)O[C@H]3C(O[Si](c3ccccc3)(c3ccccc3)C(C)(C)C)[C@@H]2O1. The van der Waals surface area contributed by atoms with Gasteiger partial charge in [-0.1, -0.05) is 163 Å². The summed E-state index contributed by atoms with van der Waals surface area (Å²) in [5.41, 5.74) is 0. The van der Waals surface area contributed by atoms with E-state index < -0.39 is 112 Å². The van der Waals surface area contributed by atoms with Crippen molar-refractivity contribution in [3.63, 3.8) is 0 Å². The summed E-state index contributed by atoms with van der Waals surface area (Å²) in [6.07, 6.45) is -7.63. The zero-order valence-electron chi connectivity index (χ0n) is 43.9. The molecule has 388 valence electrons. The molecule has 3 N–H and O–H groups in total. The Labute approximate surface area is 428 Å². The number of rotatable bonds is 6. The van der Waals surface area contributed by atoms with Crippen LogP contribution in [-0.4, -0.2) is 127 Å². The Kier molecular flexibility index (Phi) is 15.1. The minimum Gasteiger partial charge on any atom is -0.399 e. The van der Waals surface area contributed by atoms with Crippen LogP contribution >= 0.6 is 11.1 Å². The number of fused-ring (bicyclic) bond motifs is 4. The van der Waals surface area contributed by atoms with Gasteiger partial charge >= 0.3 is 0 Å². The van der Waals surface area contributed by atoms with Crippen molar-refractivity contribution in [1.29, 1.82) is 0 Å². The molecule has 0 amide bonds. The highest BCUT2D eigenvalue weighted by Gasteiger charge is 2.66. The van der Waals surface area contributed by atoms with Gasteiger partial charge in [0.15, 0.2) is 23.1 Å². The van der Waals surface area contributed by atoms with Gasteiger partial charge in [0, 0.05) is 0 Å². The fourth-order valence-corrected chi connectivity index (χ4v) is 20.3. The number of halogens is 1. The van der Waals surface area contributed by atoms with E-state index in [1.165, 1.54) is 20.7 Å². The Morgan fingerprint density at radius 3 is 0.845 bits per heavy atom. The van der Waals surface area contributed by atoms with Gasteiger partial charge in [-0.05, 0) is 86.2 Å². The normalized spacial score (nSPS) is 33.3. The summed E-state index contributed by atoms with van der Waals surface area (Å²) in [5.74, 6) is -3.33. The van der Waals surface area contributed by atoms with Gasteiger partial charge in [-0.15, -0.1) is 0 Å². The molecule has 2 aliphatic carbocycles. The zero-order chi connectivity index (χ0) is 51.7. The van der Waals surface area contributed by atoms with Gasteiger partial charge in [0.25, 0.3) is 8.32 Å². The monoisotopic (exact) mass is 1030 g/mol. The van der Waals surface area contributed by atoms with E-state index in [-0.39, 0.29) is 10.1 Å². The van der Waals surface area contributed by atoms with Crippen molar-refractivity contribution >= 4 is 47.5 Å². The van der Waals surface area contributed by atoms with Crippen molar-refractivity contribution in [3.8, 4) is 0 Å². The van der Waals surface area contributed by atoms with Crippen LogP contribution < -0.4 is 20.7 Å². The molecule has 0 radical (unpaired) electrons. The van der Waals surface area contributed by atoms with E-state index >= 15 is 0 Å².